The molecule has 0 spiro atoms. The molecule has 1 fully saturated rings. The summed E-state index contributed by atoms with van der Waals surface area (Å²) in [5, 5.41) is 0. The van der Waals surface area contributed by atoms with Gasteiger partial charge < -0.3 is 15.4 Å². The Morgan fingerprint density at radius 1 is 1.10 bits per heavy atom. The fourth-order valence-corrected chi connectivity index (χ4v) is 2.40. The molecule has 0 radical (unpaired) electrons. The van der Waals surface area contributed by atoms with Crippen LogP contribution in [0.4, 0.5) is 4.79 Å². The number of rotatable bonds is 10. The zero-order chi connectivity index (χ0) is 14.8. The van der Waals surface area contributed by atoms with E-state index in [0.29, 0.717) is 19.6 Å². The number of nitrogens with two attached hydrogens (primary N) is 1. The number of likely N-dealkylation sites (tertiary alicyclic amines) is 1. The van der Waals surface area contributed by atoms with Crippen LogP contribution in [0.3, 0.4) is 0 Å². The molecule has 0 bridgehead atoms. The normalized spacial score (nSPS) is 17.6. The van der Waals surface area contributed by atoms with Gasteiger partial charge >= 0.3 is 12.0 Å². The Kier molecular flexibility index (Phi) is 8.07. The Hall–Kier alpha value is -1.26. The van der Waals surface area contributed by atoms with E-state index in [9.17, 15) is 9.59 Å². The molecule has 0 saturated carbocycles. The van der Waals surface area contributed by atoms with Crippen molar-refractivity contribution >= 4 is 12.0 Å². The third-order valence-electron chi connectivity index (χ3n) is 3.82. The average molecular weight is 284 g/mol. The predicted molar refractivity (Wildman–Crippen MR) is 78.3 cm³/mol. The standard InChI is InChI=1S/C15H28N2O3/c1-2-3-4-5-6-7-8-9-12-20-14(18)13-10-11-17(13)15(16)19/h13H,2-12H2,1H3,(H2,16,19). The van der Waals surface area contributed by atoms with E-state index in [1.54, 1.807) is 0 Å². The van der Waals surface area contributed by atoms with Gasteiger partial charge in [-0.15, -0.1) is 0 Å². The number of ether oxygens (including phenoxy) is 1. The van der Waals surface area contributed by atoms with Gasteiger partial charge in [-0.2, -0.15) is 0 Å². The van der Waals surface area contributed by atoms with Crippen LogP contribution < -0.4 is 5.73 Å². The van der Waals surface area contributed by atoms with Gasteiger partial charge in [-0.25, -0.2) is 9.59 Å². The zero-order valence-electron chi connectivity index (χ0n) is 12.6. The molecule has 0 aromatic rings. The first-order valence-electron chi connectivity index (χ1n) is 7.89. The van der Waals surface area contributed by atoms with Crippen molar-refractivity contribution in [3.8, 4) is 0 Å². The molecule has 1 atom stereocenters. The summed E-state index contributed by atoms with van der Waals surface area (Å²) in [6, 6.07) is -0.980. The molecule has 2 N–H and O–H groups in total. The quantitative estimate of drug-likeness (QED) is 0.495. The molecule has 5 nitrogen and oxygen atoms in total. The van der Waals surface area contributed by atoms with Crippen LogP contribution in [0.15, 0.2) is 0 Å². The van der Waals surface area contributed by atoms with E-state index in [1.165, 1.54) is 43.4 Å². The van der Waals surface area contributed by atoms with E-state index in [4.69, 9.17) is 10.5 Å². The summed E-state index contributed by atoms with van der Waals surface area (Å²) >= 11 is 0. The number of hydrogen-bond acceptors (Lipinski definition) is 3. The second-order valence-corrected chi connectivity index (χ2v) is 5.48. The van der Waals surface area contributed by atoms with Gasteiger partial charge in [0, 0.05) is 6.54 Å². The Balaban J connectivity index is 1.94. The summed E-state index contributed by atoms with van der Waals surface area (Å²) in [5.74, 6) is -0.307. The average Bonchev–Trinajstić information content (AvgIpc) is 2.34. The van der Waals surface area contributed by atoms with Gasteiger partial charge in [0.1, 0.15) is 6.04 Å². The first-order valence-corrected chi connectivity index (χ1v) is 7.89. The van der Waals surface area contributed by atoms with E-state index in [1.807, 2.05) is 0 Å². The molecule has 1 aliphatic rings. The van der Waals surface area contributed by atoms with Crippen molar-refractivity contribution in [2.24, 2.45) is 5.73 Å². The second kappa shape index (κ2) is 9.61. The van der Waals surface area contributed by atoms with Crippen LogP contribution in [0.5, 0.6) is 0 Å². The Labute approximate surface area is 121 Å². The number of hydrogen-bond donors (Lipinski definition) is 1. The SMILES string of the molecule is CCCCCCCCCCOC(=O)C1CCN1C(N)=O. The van der Waals surface area contributed by atoms with Gasteiger partial charge in [0.15, 0.2) is 0 Å². The van der Waals surface area contributed by atoms with Crippen molar-refractivity contribution in [3.05, 3.63) is 0 Å². The molecule has 116 valence electrons. The number of primary amides is 1. The lowest BCUT2D eigenvalue weighted by Gasteiger charge is -2.37. The van der Waals surface area contributed by atoms with Crippen LogP contribution in [0.1, 0.15) is 64.7 Å². The van der Waals surface area contributed by atoms with E-state index in [0.717, 1.165) is 12.8 Å². The number of esters is 1. The van der Waals surface area contributed by atoms with E-state index in [2.05, 4.69) is 6.92 Å². The predicted octanol–water partition coefficient (Wildman–Crippen LogP) is 2.82. The Morgan fingerprint density at radius 3 is 2.20 bits per heavy atom. The first-order chi connectivity index (χ1) is 9.66. The van der Waals surface area contributed by atoms with Gasteiger partial charge in [0.2, 0.25) is 0 Å². The lowest BCUT2D eigenvalue weighted by atomic mass is 10.0. The van der Waals surface area contributed by atoms with Crippen molar-refractivity contribution < 1.29 is 14.3 Å². The number of unbranched alkanes of at least 4 members (excludes halogenated alkanes) is 7. The Morgan fingerprint density at radius 2 is 1.70 bits per heavy atom. The summed E-state index contributed by atoms with van der Waals surface area (Å²) < 4.78 is 5.18. The molecule has 20 heavy (non-hydrogen) atoms. The molecular formula is C15H28N2O3. The van der Waals surface area contributed by atoms with Crippen LogP contribution in [-0.2, 0) is 9.53 Å². The molecule has 2 amide bonds. The minimum atomic E-state index is -0.537. The number of carbonyl (C=O) groups is 2. The first kappa shape index (κ1) is 16.8. The van der Waals surface area contributed by atoms with Crippen LogP contribution in [0.25, 0.3) is 0 Å². The highest BCUT2D eigenvalue weighted by Crippen LogP contribution is 2.18. The van der Waals surface area contributed by atoms with Crippen LogP contribution in [0, 0.1) is 0 Å². The molecule has 1 unspecified atom stereocenters. The van der Waals surface area contributed by atoms with E-state index >= 15 is 0 Å². The molecule has 1 rings (SSSR count). The van der Waals surface area contributed by atoms with Gasteiger partial charge in [0.05, 0.1) is 6.61 Å². The monoisotopic (exact) mass is 284 g/mol. The maximum Gasteiger partial charge on any atom is 0.328 e. The van der Waals surface area contributed by atoms with E-state index in [-0.39, 0.29) is 5.97 Å². The summed E-state index contributed by atoms with van der Waals surface area (Å²) in [6.07, 6.45) is 10.4. The van der Waals surface area contributed by atoms with Crippen molar-refractivity contribution in [2.75, 3.05) is 13.2 Å². The molecule has 0 aromatic carbocycles. The van der Waals surface area contributed by atoms with E-state index < -0.39 is 12.1 Å². The number of nitrogens with zero attached hydrogens (tertiary/aromatic N) is 1. The highest BCUT2D eigenvalue weighted by atomic mass is 16.5. The summed E-state index contributed by atoms with van der Waals surface area (Å²) in [7, 11) is 0. The van der Waals surface area contributed by atoms with Gasteiger partial charge in [-0.3, -0.25) is 0 Å². The third kappa shape index (κ3) is 5.80. The van der Waals surface area contributed by atoms with Crippen LogP contribution >= 0.6 is 0 Å². The molecule has 1 heterocycles. The van der Waals surface area contributed by atoms with Crippen LogP contribution in [-0.4, -0.2) is 36.1 Å². The van der Waals surface area contributed by atoms with Crippen molar-refractivity contribution in [3.63, 3.8) is 0 Å². The smallest absolute Gasteiger partial charge is 0.328 e. The van der Waals surface area contributed by atoms with Crippen molar-refractivity contribution in [1.29, 1.82) is 0 Å². The van der Waals surface area contributed by atoms with Crippen molar-refractivity contribution in [1.82, 2.24) is 4.90 Å². The molecule has 0 aliphatic carbocycles. The topological polar surface area (TPSA) is 72.6 Å². The summed E-state index contributed by atoms with van der Waals surface area (Å²) in [5.41, 5.74) is 5.15. The van der Waals surface area contributed by atoms with Gasteiger partial charge in [-0.05, 0) is 12.8 Å². The maximum absolute atomic E-state index is 11.7. The molecule has 1 aliphatic heterocycles. The van der Waals surface area contributed by atoms with Crippen molar-refractivity contribution in [2.45, 2.75) is 70.8 Å². The summed E-state index contributed by atoms with van der Waals surface area (Å²) in [4.78, 5) is 24.0. The minimum absolute atomic E-state index is 0.307. The minimum Gasteiger partial charge on any atom is -0.464 e. The molecule has 5 heteroatoms. The highest BCUT2D eigenvalue weighted by Gasteiger charge is 2.37. The van der Waals surface area contributed by atoms with Crippen LogP contribution in [0.2, 0.25) is 0 Å². The largest absolute Gasteiger partial charge is 0.464 e. The number of carbonyl (C=O) groups excluding carboxylic acids is 2. The second-order valence-electron chi connectivity index (χ2n) is 5.48. The molecular weight excluding hydrogens is 256 g/mol. The fraction of sp³-hybridized carbons (Fsp3) is 0.867. The molecule has 0 aromatic heterocycles. The van der Waals surface area contributed by atoms with Gasteiger partial charge in [-0.1, -0.05) is 51.9 Å². The lowest BCUT2D eigenvalue weighted by molar-refractivity contribution is -0.152. The highest BCUT2D eigenvalue weighted by molar-refractivity contribution is 5.84. The fourth-order valence-electron chi connectivity index (χ4n) is 2.40. The number of amides is 2. The lowest BCUT2D eigenvalue weighted by Crippen LogP contribution is -2.57. The number of urea groups is 1. The van der Waals surface area contributed by atoms with Gasteiger partial charge in [0.25, 0.3) is 0 Å². The summed E-state index contributed by atoms with van der Waals surface area (Å²) in [6.45, 7) is 3.24. The maximum atomic E-state index is 11.7. The Bertz CT molecular complexity index is 307. The zero-order valence-corrected chi connectivity index (χ0v) is 12.6. The molecule has 1 saturated heterocycles. The third-order valence-corrected chi connectivity index (χ3v) is 3.82.